The van der Waals surface area contributed by atoms with Gasteiger partial charge in [0.05, 0.1) is 0 Å². The number of nitrogens with two attached hydrogens (primary N) is 1. The molecule has 0 saturated heterocycles. The molecular formula is C29H36N2O2. The van der Waals surface area contributed by atoms with E-state index in [0.717, 1.165) is 32.1 Å². The van der Waals surface area contributed by atoms with E-state index < -0.39 is 16.6 Å². The lowest BCUT2D eigenvalue weighted by Crippen LogP contribution is -2.66. The summed E-state index contributed by atoms with van der Waals surface area (Å²) in [6.07, 6.45) is 7.29. The van der Waals surface area contributed by atoms with Crippen LogP contribution in [0.25, 0.3) is 0 Å². The highest BCUT2D eigenvalue weighted by Crippen LogP contribution is 2.67. The van der Waals surface area contributed by atoms with E-state index >= 15 is 0 Å². The number of aliphatic hydroxyl groups is 1. The van der Waals surface area contributed by atoms with Gasteiger partial charge in [-0.2, -0.15) is 0 Å². The van der Waals surface area contributed by atoms with Crippen molar-refractivity contribution in [3.8, 4) is 11.8 Å². The Balaban J connectivity index is 1.71. The largest absolute Gasteiger partial charge is 0.378 e. The second-order valence-corrected chi connectivity index (χ2v) is 11.0. The summed E-state index contributed by atoms with van der Waals surface area (Å²) in [5.74, 6) is 6.80. The lowest BCUT2D eigenvalue weighted by atomic mass is 9.48. The zero-order valence-electron chi connectivity index (χ0n) is 20.4. The number of hydrogen-bond donors (Lipinski definition) is 2. The van der Waals surface area contributed by atoms with Crippen LogP contribution in [-0.2, 0) is 4.79 Å². The second-order valence-electron chi connectivity index (χ2n) is 11.0. The summed E-state index contributed by atoms with van der Waals surface area (Å²) in [6.45, 7) is 3.99. The Morgan fingerprint density at radius 2 is 1.85 bits per heavy atom. The molecule has 2 fully saturated rings. The molecule has 0 amide bonds. The van der Waals surface area contributed by atoms with Crippen LogP contribution in [0.2, 0.25) is 0 Å². The normalized spacial score (nSPS) is 37.4. The summed E-state index contributed by atoms with van der Waals surface area (Å²) < 4.78 is 0. The molecule has 4 heteroatoms. The Morgan fingerprint density at radius 1 is 1.12 bits per heavy atom. The molecule has 4 nitrogen and oxygen atoms in total. The third-order valence-electron chi connectivity index (χ3n) is 9.36. The van der Waals surface area contributed by atoms with Crippen LogP contribution in [0.15, 0.2) is 47.1 Å². The van der Waals surface area contributed by atoms with Gasteiger partial charge in [-0.3, -0.25) is 4.79 Å². The van der Waals surface area contributed by atoms with E-state index in [1.165, 1.54) is 28.0 Å². The van der Waals surface area contributed by atoms with Gasteiger partial charge in [-0.05, 0) is 86.3 Å². The Bertz CT molecular complexity index is 1120. The van der Waals surface area contributed by atoms with Crippen molar-refractivity contribution in [2.75, 3.05) is 19.0 Å². The van der Waals surface area contributed by atoms with Crippen molar-refractivity contribution in [3.05, 3.63) is 52.6 Å². The fourth-order valence-electron chi connectivity index (χ4n) is 7.44. The fraction of sp³-hybridized carbons (Fsp3) is 0.552. The first-order valence-electron chi connectivity index (χ1n) is 12.3. The molecule has 0 aromatic heterocycles. The Kier molecular flexibility index (Phi) is 5.16. The van der Waals surface area contributed by atoms with Crippen molar-refractivity contribution in [2.24, 2.45) is 17.1 Å². The molecule has 0 unspecified atom stereocenters. The zero-order valence-corrected chi connectivity index (χ0v) is 20.4. The minimum atomic E-state index is -1.08. The Labute approximate surface area is 197 Å². The lowest BCUT2D eigenvalue weighted by molar-refractivity contribution is -0.114. The van der Waals surface area contributed by atoms with Crippen LogP contribution in [0.1, 0.15) is 70.3 Å². The predicted molar refractivity (Wildman–Crippen MR) is 133 cm³/mol. The molecule has 5 atom stereocenters. The molecule has 1 aromatic carbocycles. The molecule has 0 radical (unpaired) electrons. The molecule has 33 heavy (non-hydrogen) atoms. The van der Waals surface area contributed by atoms with Gasteiger partial charge in [-0.25, -0.2) is 0 Å². The number of fused-ring (bicyclic) bond motifs is 4. The van der Waals surface area contributed by atoms with Crippen LogP contribution in [0.3, 0.4) is 0 Å². The molecule has 0 bridgehead atoms. The third-order valence-corrected chi connectivity index (χ3v) is 9.36. The summed E-state index contributed by atoms with van der Waals surface area (Å²) in [6, 6.07) is 8.84. The first-order chi connectivity index (χ1) is 15.6. The summed E-state index contributed by atoms with van der Waals surface area (Å²) in [7, 11) is 4.11. The predicted octanol–water partition coefficient (Wildman–Crippen LogP) is 4.49. The van der Waals surface area contributed by atoms with E-state index in [0.29, 0.717) is 12.8 Å². The fourth-order valence-corrected chi connectivity index (χ4v) is 7.44. The molecule has 5 rings (SSSR count). The van der Waals surface area contributed by atoms with Crippen molar-refractivity contribution >= 4 is 11.5 Å². The zero-order chi connectivity index (χ0) is 23.6. The van der Waals surface area contributed by atoms with Crippen molar-refractivity contribution < 1.29 is 9.90 Å². The highest BCUT2D eigenvalue weighted by Gasteiger charge is 2.69. The second kappa shape index (κ2) is 7.58. The highest BCUT2D eigenvalue weighted by molar-refractivity contribution is 5.93. The SMILES string of the molecule is CC#C[C@]1(O)CC[C@@]2(N)[C@@H]3CCC4=CC(=O)CCC4=C3[C@@H](c3ccc(N(C)C)cc3)C[C@@]21C. The van der Waals surface area contributed by atoms with Gasteiger partial charge in [0, 0.05) is 43.1 Å². The van der Waals surface area contributed by atoms with Crippen LogP contribution < -0.4 is 10.6 Å². The smallest absolute Gasteiger partial charge is 0.156 e. The maximum Gasteiger partial charge on any atom is 0.156 e. The van der Waals surface area contributed by atoms with Gasteiger partial charge in [0.15, 0.2) is 5.78 Å². The molecule has 0 spiro atoms. The Hall–Kier alpha value is -2.35. The van der Waals surface area contributed by atoms with E-state index in [-0.39, 0.29) is 17.6 Å². The minimum absolute atomic E-state index is 0.170. The summed E-state index contributed by atoms with van der Waals surface area (Å²) in [5, 5.41) is 11.8. The van der Waals surface area contributed by atoms with Gasteiger partial charge in [-0.15, -0.1) is 5.92 Å². The number of carbonyl (C=O) groups is 1. The summed E-state index contributed by atoms with van der Waals surface area (Å²) in [5.41, 5.74) is 11.8. The lowest BCUT2D eigenvalue weighted by Gasteiger charge is -2.59. The van der Waals surface area contributed by atoms with Crippen molar-refractivity contribution in [2.45, 2.75) is 75.9 Å². The monoisotopic (exact) mass is 444 g/mol. The molecule has 2 saturated carbocycles. The first-order valence-corrected chi connectivity index (χ1v) is 12.3. The molecule has 0 heterocycles. The molecule has 1 aromatic rings. The van der Waals surface area contributed by atoms with Crippen LogP contribution >= 0.6 is 0 Å². The maximum atomic E-state index is 12.2. The molecule has 4 aliphatic rings. The number of nitrogens with zero attached hydrogens (tertiary/aromatic N) is 1. The van der Waals surface area contributed by atoms with Crippen molar-refractivity contribution in [1.82, 2.24) is 0 Å². The van der Waals surface area contributed by atoms with Crippen molar-refractivity contribution in [1.29, 1.82) is 0 Å². The standard InChI is InChI=1S/C29H36N2O2/c1-5-14-28(33)15-16-29(30)25-13-8-20-17-22(32)11-12-23(20)26(25)24(18-27(28,29)2)19-6-9-21(10-7-19)31(3)4/h6-7,9-10,17,24-25,33H,8,11-13,15-16,18,30H2,1-4H3/t24-,25-,27-,28+,29-/m1/s1. The van der Waals surface area contributed by atoms with E-state index in [2.05, 4.69) is 62.0 Å². The topological polar surface area (TPSA) is 66.6 Å². The van der Waals surface area contributed by atoms with Gasteiger partial charge < -0.3 is 15.7 Å². The van der Waals surface area contributed by atoms with Gasteiger partial charge in [0.1, 0.15) is 5.60 Å². The molecule has 4 aliphatic carbocycles. The van der Waals surface area contributed by atoms with Gasteiger partial charge in [0.2, 0.25) is 0 Å². The van der Waals surface area contributed by atoms with Crippen LogP contribution in [-0.4, -0.2) is 36.1 Å². The highest BCUT2D eigenvalue weighted by atomic mass is 16.3. The maximum absolute atomic E-state index is 12.2. The number of carbonyl (C=O) groups excluding carboxylic acids is 1. The Morgan fingerprint density at radius 3 is 2.52 bits per heavy atom. The molecule has 0 aliphatic heterocycles. The average Bonchev–Trinajstić information content (AvgIpc) is 2.99. The van der Waals surface area contributed by atoms with Crippen LogP contribution in [0.4, 0.5) is 5.69 Å². The quantitative estimate of drug-likeness (QED) is 0.660. The number of ketones is 1. The van der Waals surface area contributed by atoms with Crippen LogP contribution in [0, 0.1) is 23.2 Å². The number of rotatable bonds is 2. The molecule has 3 N–H and O–H groups in total. The van der Waals surface area contributed by atoms with Gasteiger partial charge >= 0.3 is 0 Å². The average molecular weight is 445 g/mol. The molecule has 174 valence electrons. The van der Waals surface area contributed by atoms with E-state index in [1.807, 2.05) is 13.0 Å². The van der Waals surface area contributed by atoms with E-state index in [9.17, 15) is 9.90 Å². The van der Waals surface area contributed by atoms with Crippen molar-refractivity contribution in [3.63, 3.8) is 0 Å². The van der Waals surface area contributed by atoms with E-state index in [4.69, 9.17) is 5.73 Å². The van der Waals surface area contributed by atoms with Gasteiger partial charge in [0.25, 0.3) is 0 Å². The number of anilines is 1. The summed E-state index contributed by atoms with van der Waals surface area (Å²) in [4.78, 5) is 14.3. The van der Waals surface area contributed by atoms with Crippen LogP contribution in [0.5, 0.6) is 0 Å². The number of hydrogen-bond acceptors (Lipinski definition) is 4. The molecular weight excluding hydrogens is 408 g/mol. The minimum Gasteiger partial charge on any atom is -0.378 e. The number of allylic oxidation sites excluding steroid dienone is 3. The summed E-state index contributed by atoms with van der Waals surface area (Å²) >= 11 is 0. The van der Waals surface area contributed by atoms with E-state index in [1.54, 1.807) is 0 Å². The number of benzene rings is 1. The third kappa shape index (κ3) is 3.09. The van der Waals surface area contributed by atoms with Gasteiger partial charge in [-0.1, -0.05) is 30.6 Å². The first kappa shape index (κ1) is 22.4.